The number of carbonyl (C=O) groups excluding carboxylic acids is 2. The van der Waals surface area contributed by atoms with Crippen molar-refractivity contribution in [2.45, 2.75) is 0 Å². The second kappa shape index (κ2) is 7.97. The van der Waals surface area contributed by atoms with E-state index in [2.05, 4.69) is 10.6 Å². The lowest BCUT2D eigenvalue weighted by Crippen LogP contribution is -2.34. The van der Waals surface area contributed by atoms with Crippen LogP contribution in [0.4, 0.5) is 0 Å². The Kier molecular flexibility index (Phi) is 5.48. The molecule has 3 rings (SSSR count). The quantitative estimate of drug-likeness (QED) is 0.755. The summed E-state index contributed by atoms with van der Waals surface area (Å²) in [4.78, 5) is 24.2. The van der Waals surface area contributed by atoms with Gasteiger partial charge in [-0.1, -0.05) is 11.6 Å². The highest BCUT2D eigenvalue weighted by Crippen LogP contribution is 2.39. The van der Waals surface area contributed by atoms with Gasteiger partial charge < -0.3 is 24.8 Å². The smallest absolute Gasteiger partial charge is 0.251 e. The zero-order valence-electron chi connectivity index (χ0n) is 14.0. The first-order valence-corrected chi connectivity index (χ1v) is 8.26. The third-order valence-corrected chi connectivity index (χ3v) is 4.02. The summed E-state index contributed by atoms with van der Waals surface area (Å²) in [6, 6.07) is 9.84. The molecule has 2 amide bonds. The second-order valence-corrected chi connectivity index (χ2v) is 5.84. The summed E-state index contributed by atoms with van der Waals surface area (Å²) in [6.45, 7) is 0.638. The van der Waals surface area contributed by atoms with Crippen molar-refractivity contribution in [1.82, 2.24) is 10.6 Å². The Bertz CT molecular complexity index is 823. The van der Waals surface area contributed by atoms with Gasteiger partial charge in [-0.25, -0.2) is 0 Å². The average molecular weight is 377 g/mol. The lowest BCUT2D eigenvalue weighted by atomic mass is 10.2. The van der Waals surface area contributed by atoms with Crippen molar-refractivity contribution in [2.24, 2.45) is 0 Å². The van der Waals surface area contributed by atoms with Gasteiger partial charge in [-0.3, -0.25) is 9.59 Å². The predicted octanol–water partition coefficient (Wildman–Crippen LogP) is 2.24. The van der Waals surface area contributed by atoms with Gasteiger partial charge in [-0.05, 0) is 36.4 Å². The number of ether oxygens (including phenoxy) is 3. The fraction of sp³-hybridized carbons (Fsp3) is 0.222. The zero-order chi connectivity index (χ0) is 18.5. The van der Waals surface area contributed by atoms with Gasteiger partial charge in [0.2, 0.25) is 6.79 Å². The molecule has 0 bridgehead atoms. The van der Waals surface area contributed by atoms with Crippen LogP contribution in [0.25, 0.3) is 0 Å². The fourth-order valence-electron chi connectivity index (χ4n) is 2.40. The largest absolute Gasteiger partial charge is 0.497 e. The number of fused-ring (bicyclic) bond motifs is 1. The number of halogens is 1. The van der Waals surface area contributed by atoms with Crippen LogP contribution in [0.5, 0.6) is 17.2 Å². The van der Waals surface area contributed by atoms with Crippen LogP contribution in [0.1, 0.15) is 20.7 Å². The van der Waals surface area contributed by atoms with Crippen molar-refractivity contribution in [3.8, 4) is 17.2 Å². The van der Waals surface area contributed by atoms with Crippen molar-refractivity contribution in [2.75, 3.05) is 27.0 Å². The van der Waals surface area contributed by atoms with Gasteiger partial charge in [0.15, 0.2) is 11.5 Å². The maximum absolute atomic E-state index is 12.2. The minimum absolute atomic E-state index is 0.0809. The lowest BCUT2D eigenvalue weighted by Gasteiger charge is -2.09. The predicted molar refractivity (Wildman–Crippen MR) is 95.2 cm³/mol. The summed E-state index contributed by atoms with van der Waals surface area (Å²) in [5.41, 5.74) is 0.875. The van der Waals surface area contributed by atoms with Crippen LogP contribution in [0.3, 0.4) is 0 Å². The van der Waals surface area contributed by atoms with E-state index < -0.39 is 0 Å². The van der Waals surface area contributed by atoms with Crippen LogP contribution in [0.2, 0.25) is 5.02 Å². The normalized spacial score (nSPS) is 11.8. The molecular formula is C18H17ClN2O5. The highest BCUT2D eigenvalue weighted by atomic mass is 35.5. The third kappa shape index (κ3) is 4.00. The van der Waals surface area contributed by atoms with Gasteiger partial charge in [0.05, 0.1) is 12.1 Å². The SMILES string of the molecule is COc1ccc(C(=O)NCCNC(=O)c2cc(Cl)c3c(c2)OCO3)cc1. The third-order valence-electron chi connectivity index (χ3n) is 3.74. The molecule has 0 radical (unpaired) electrons. The molecule has 0 atom stereocenters. The summed E-state index contributed by atoms with van der Waals surface area (Å²) in [5.74, 6) is 1.01. The number of rotatable bonds is 6. The van der Waals surface area contributed by atoms with E-state index in [4.69, 9.17) is 25.8 Å². The van der Waals surface area contributed by atoms with E-state index >= 15 is 0 Å². The molecule has 1 heterocycles. The molecule has 26 heavy (non-hydrogen) atoms. The molecule has 0 saturated carbocycles. The van der Waals surface area contributed by atoms with Crippen LogP contribution < -0.4 is 24.8 Å². The van der Waals surface area contributed by atoms with E-state index in [0.29, 0.717) is 33.4 Å². The van der Waals surface area contributed by atoms with Gasteiger partial charge in [0.25, 0.3) is 11.8 Å². The molecule has 7 nitrogen and oxygen atoms in total. The molecule has 0 aliphatic carbocycles. The molecule has 0 aromatic heterocycles. The summed E-state index contributed by atoms with van der Waals surface area (Å²) in [5, 5.41) is 5.76. The maximum atomic E-state index is 12.2. The molecule has 1 aliphatic rings. The minimum Gasteiger partial charge on any atom is -0.497 e. The molecular weight excluding hydrogens is 360 g/mol. The molecule has 136 valence electrons. The van der Waals surface area contributed by atoms with Gasteiger partial charge >= 0.3 is 0 Å². The van der Waals surface area contributed by atoms with E-state index in [-0.39, 0.29) is 31.7 Å². The topological polar surface area (TPSA) is 85.9 Å². The number of benzene rings is 2. The van der Waals surface area contributed by atoms with Crippen molar-refractivity contribution < 1.29 is 23.8 Å². The molecule has 2 aromatic rings. The Hall–Kier alpha value is -2.93. The Morgan fingerprint density at radius 1 is 1.04 bits per heavy atom. The van der Waals surface area contributed by atoms with Crippen LogP contribution in [0, 0.1) is 0 Å². The summed E-state index contributed by atoms with van der Waals surface area (Å²) < 4.78 is 15.5. The Morgan fingerprint density at radius 3 is 2.35 bits per heavy atom. The molecule has 0 saturated heterocycles. The highest BCUT2D eigenvalue weighted by molar-refractivity contribution is 6.32. The number of hydrogen-bond acceptors (Lipinski definition) is 5. The molecule has 0 unspecified atom stereocenters. The van der Waals surface area contributed by atoms with Crippen molar-refractivity contribution >= 4 is 23.4 Å². The zero-order valence-corrected chi connectivity index (χ0v) is 14.8. The number of carbonyl (C=O) groups is 2. The first-order chi connectivity index (χ1) is 12.6. The molecule has 0 fully saturated rings. The van der Waals surface area contributed by atoms with E-state index in [1.807, 2.05) is 0 Å². The number of amides is 2. The Labute approximate surface area is 155 Å². The maximum Gasteiger partial charge on any atom is 0.251 e. The van der Waals surface area contributed by atoms with Crippen molar-refractivity contribution in [1.29, 1.82) is 0 Å². The standard InChI is InChI=1S/C18H17ClN2O5/c1-24-13-4-2-11(3-5-13)17(22)20-6-7-21-18(23)12-8-14(19)16-15(9-12)25-10-26-16/h2-5,8-9H,6-7,10H2,1H3,(H,20,22)(H,21,23). The van der Waals surface area contributed by atoms with Gasteiger partial charge in [-0.15, -0.1) is 0 Å². The van der Waals surface area contributed by atoms with Crippen molar-refractivity contribution in [3.63, 3.8) is 0 Å². The minimum atomic E-state index is -0.316. The monoisotopic (exact) mass is 376 g/mol. The molecule has 0 spiro atoms. The number of nitrogens with one attached hydrogen (secondary N) is 2. The summed E-state index contributed by atoms with van der Waals surface area (Å²) in [6.07, 6.45) is 0. The van der Waals surface area contributed by atoms with Crippen molar-refractivity contribution in [3.05, 3.63) is 52.5 Å². The molecule has 2 N–H and O–H groups in total. The van der Waals surface area contributed by atoms with Gasteiger partial charge in [0, 0.05) is 24.2 Å². The second-order valence-electron chi connectivity index (χ2n) is 5.43. The average Bonchev–Trinajstić information content (AvgIpc) is 3.14. The van der Waals surface area contributed by atoms with Gasteiger partial charge in [0.1, 0.15) is 5.75 Å². The molecule has 8 heteroatoms. The van der Waals surface area contributed by atoms with Crippen LogP contribution in [-0.4, -0.2) is 38.8 Å². The first kappa shape index (κ1) is 17.9. The van der Waals surface area contributed by atoms with E-state index in [9.17, 15) is 9.59 Å². The highest BCUT2D eigenvalue weighted by Gasteiger charge is 2.20. The summed E-state index contributed by atoms with van der Waals surface area (Å²) >= 11 is 6.06. The molecule has 1 aliphatic heterocycles. The molecule has 2 aromatic carbocycles. The lowest BCUT2D eigenvalue weighted by molar-refractivity contribution is 0.0927. The van der Waals surface area contributed by atoms with E-state index in [1.54, 1.807) is 37.4 Å². The van der Waals surface area contributed by atoms with Crippen LogP contribution in [0.15, 0.2) is 36.4 Å². The first-order valence-electron chi connectivity index (χ1n) is 7.88. The summed E-state index contributed by atoms with van der Waals surface area (Å²) in [7, 11) is 1.56. The number of methoxy groups -OCH3 is 1. The Balaban J connectivity index is 1.48. The van der Waals surface area contributed by atoms with Crippen LogP contribution in [-0.2, 0) is 0 Å². The number of hydrogen-bond donors (Lipinski definition) is 2. The fourth-order valence-corrected chi connectivity index (χ4v) is 2.66. The van der Waals surface area contributed by atoms with Crippen LogP contribution >= 0.6 is 11.6 Å². The van der Waals surface area contributed by atoms with Gasteiger partial charge in [-0.2, -0.15) is 0 Å². The van der Waals surface area contributed by atoms with E-state index in [1.165, 1.54) is 6.07 Å². The Morgan fingerprint density at radius 2 is 1.69 bits per heavy atom. The van der Waals surface area contributed by atoms with E-state index in [0.717, 1.165) is 0 Å².